The first kappa shape index (κ1) is 25.2. The summed E-state index contributed by atoms with van der Waals surface area (Å²) in [6, 6.07) is 10.3. The van der Waals surface area contributed by atoms with Gasteiger partial charge in [-0.05, 0) is 47.7 Å². The summed E-state index contributed by atoms with van der Waals surface area (Å²) in [4.78, 5) is 23.8. The van der Waals surface area contributed by atoms with E-state index >= 15 is 0 Å². The number of anilines is 1. The third kappa shape index (κ3) is 5.17. The molecule has 194 valence electrons. The minimum Gasteiger partial charge on any atom is -0.380 e. The number of carbonyl (C=O) groups excluding carboxylic acids is 1. The summed E-state index contributed by atoms with van der Waals surface area (Å²) < 4.78 is 45.1. The molecule has 1 atom stereocenters. The van der Waals surface area contributed by atoms with Crippen LogP contribution in [0.3, 0.4) is 0 Å². The highest BCUT2D eigenvalue weighted by Gasteiger charge is 2.44. The van der Waals surface area contributed by atoms with Crippen molar-refractivity contribution in [3.05, 3.63) is 77.2 Å². The van der Waals surface area contributed by atoms with Gasteiger partial charge in [-0.3, -0.25) is 9.78 Å². The molecule has 2 aliphatic rings. The molecule has 0 radical (unpaired) electrons. The van der Waals surface area contributed by atoms with E-state index in [0.29, 0.717) is 22.5 Å². The van der Waals surface area contributed by atoms with Crippen LogP contribution in [0.5, 0.6) is 0 Å². The molecule has 10 heteroatoms. The van der Waals surface area contributed by atoms with Crippen LogP contribution in [0.15, 0.2) is 54.9 Å². The fourth-order valence-corrected chi connectivity index (χ4v) is 4.88. The zero-order valence-electron chi connectivity index (χ0n) is 20.4. The van der Waals surface area contributed by atoms with E-state index in [9.17, 15) is 18.0 Å². The van der Waals surface area contributed by atoms with Crippen LogP contribution in [-0.4, -0.2) is 42.2 Å². The number of nitrogens with one attached hydrogen (secondary N) is 1. The lowest BCUT2D eigenvalue weighted by molar-refractivity contribution is -0.137. The van der Waals surface area contributed by atoms with E-state index in [1.807, 2.05) is 6.92 Å². The van der Waals surface area contributed by atoms with Crippen molar-refractivity contribution >= 4 is 11.7 Å². The number of carbonyl (C=O) groups is 1. The predicted octanol–water partition coefficient (Wildman–Crippen LogP) is 4.34. The van der Waals surface area contributed by atoms with E-state index in [0.717, 1.165) is 50.4 Å². The number of ether oxygens (including phenoxy) is 1. The monoisotopic (exact) mass is 511 g/mol. The van der Waals surface area contributed by atoms with E-state index in [4.69, 9.17) is 10.5 Å². The van der Waals surface area contributed by atoms with Gasteiger partial charge in [-0.25, -0.2) is 4.98 Å². The molecule has 0 saturated carbocycles. The Morgan fingerprint density at radius 3 is 2.57 bits per heavy atom. The summed E-state index contributed by atoms with van der Waals surface area (Å²) in [5, 5.41) is 2.93. The molecule has 5 rings (SSSR count). The van der Waals surface area contributed by atoms with Crippen LogP contribution in [-0.2, 0) is 17.5 Å². The largest absolute Gasteiger partial charge is 0.416 e. The van der Waals surface area contributed by atoms with E-state index in [2.05, 4.69) is 20.2 Å². The molecule has 0 aliphatic carbocycles. The van der Waals surface area contributed by atoms with Crippen LogP contribution in [0.25, 0.3) is 11.1 Å². The summed E-state index contributed by atoms with van der Waals surface area (Å²) in [5.41, 5.74) is 7.93. The van der Waals surface area contributed by atoms with Gasteiger partial charge >= 0.3 is 6.18 Å². The van der Waals surface area contributed by atoms with Gasteiger partial charge < -0.3 is 20.7 Å². The van der Waals surface area contributed by atoms with Crippen molar-refractivity contribution in [2.24, 2.45) is 11.1 Å². The molecule has 0 unspecified atom stereocenters. The molecule has 1 aromatic heterocycles. The van der Waals surface area contributed by atoms with Crippen molar-refractivity contribution in [2.45, 2.75) is 32.1 Å². The van der Waals surface area contributed by atoms with Crippen LogP contribution in [0.4, 0.5) is 19.0 Å². The first-order chi connectivity index (χ1) is 17.7. The first-order valence-corrected chi connectivity index (χ1v) is 12.1. The lowest BCUT2D eigenvalue weighted by Crippen LogP contribution is -2.44. The molecule has 1 spiro atoms. The number of nitrogens with zero attached hydrogens (tertiary/aromatic N) is 3. The van der Waals surface area contributed by atoms with Crippen LogP contribution in [0.2, 0.25) is 0 Å². The van der Waals surface area contributed by atoms with Crippen molar-refractivity contribution in [1.82, 2.24) is 15.3 Å². The molecule has 3 N–H and O–H groups in total. The molecule has 0 bridgehead atoms. The lowest BCUT2D eigenvalue weighted by atomic mass is 9.85. The second-order valence-electron chi connectivity index (χ2n) is 9.82. The maximum absolute atomic E-state index is 13.2. The van der Waals surface area contributed by atoms with Crippen molar-refractivity contribution in [1.29, 1.82) is 0 Å². The molecule has 2 aliphatic heterocycles. The molecule has 7 nitrogen and oxygen atoms in total. The maximum Gasteiger partial charge on any atom is 0.416 e. The van der Waals surface area contributed by atoms with Crippen molar-refractivity contribution in [2.75, 3.05) is 31.2 Å². The SMILES string of the molecule is C[C@@H](NC(=O)c1cncc(N2CCC3(COC3)C2)n1)c1ccc(-c2cc(C(F)(F)F)ccc2CN)cc1. The molecule has 37 heavy (non-hydrogen) atoms. The minimum atomic E-state index is -4.44. The van der Waals surface area contributed by atoms with Gasteiger partial charge in [-0.15, -0.1) is 0 Å². The molecule has 1 amide bonds. The fourth-order valence-electron chi connectivity index (χ4n) is 4.88. The van der Waals surface area contributed by atoms with E-state index in [1.165, 1.54) is 12.3 Å². The normalized spacial score (nSPS) is 17.5. The Morgan fingerprint density at radius 1 is 1.19 bits per heavy atom. The van der Waals surface area contributed by atoms with Gasteiger partial charge in [0.05, 0.1) is 37.2 Å². The van der Waals surface area contributed by atoms with Gasteiger partial charge in [0.25, 0.3) is 5.91 Å². The van der Waals surface area contributed by atoms with Crippen LogP contribution >= 0.6 is 0 Å². The average Bonchev–Trinajstić information content (AvgIpc) is 3.35. The standard InChI is InChI=1S/C27H28F3N5O2/c1-17(18-2-4-19(5-3-18)22-10-21(27(28,29)30)7-6-20(22)11-31)33-25(36)23-12-32-13-24(34-23)35-9-8-26(14-35)15-37-16-26/h2-7,10,12-13,17H,8-9,11,14-16,31H2,1H3,(H,33,36)/t17-/m1/s1. The topological polar surface area (TPSA) is 93.4 Å². The highest BCUT2D eigenvalue weighted by Crippen LogP contribution is 2.39. The predicted molar refractivity (Wildman–Crippen MR) is 133 cm³/mol. The number of aromatic nitrogens is 2. The zero-order valence-corrected chi connectivity index (χ0v) is 20.4. The molecule has 2 fully saturated rings. The number of amides is 1. The van der Waals surface area contributed by atoms with Crippen LogP contribution < -0.4 is 16.0 Å². The smallest absolute Gasteiger partial charge is 0.380 e. The summed E-state index contributed by atoms with van der Waals surface area (Å²) in [5.74, 6) is 0.320. The summed E-state index contributed by atoms with van der Waals surface area (Å²) >= 11 is 0. The third-order valence-corrected chi connectivity index (χ3v) is 7.16. The van der Waals surface area contributed by atoms with Gasteiger partial charge in [-0.2, -0.15) is 13.2 Å². The molecule has 2 aromatic carbocycles. The van der Waals surface area contributed by atoms with Crippen molar-refractivity contribution in [3.63, 3.8) is 0 Å². The minimum absolute atomic E-state index is 0.119. The number of rotatable bonds is 6. The summed E-state index contributed by atoms with van der Waals surface area (Å²) in [6.45, 7) is 5.16. The number of hydrogen-bond acceptors (Lipinski definition) is 6. The van der Waals surface area contributed by atoms with Crippen molar-refractivity contribution < 1.29 is 22.7 Å². The second kappa shape index (κ2) is 9.75. The van der Waals surface area contributed by atoms with Crippen LogP contribution in [0, 0.1) is 5.41 Å². The van der Waals surface area contributed by atoms with E-state index < -0.39 is 11.7 Å². The third-order valence-electron chi connectivity index (χ3n) is 7.16. The number of benzene rings is 2. The van der Waals surface area contributed by atoms with Crippen LogP contribution in [0.1, 0.15) is 46.6 Å². The number of alkyl halides is 3. The maximum atomic E-state index is 13.2. The molecular weight excluding hydrogens is 483 g/mol. The fraction of sp³-hybridized carbons (Fsp3) is 0.370. The number of hydrogen-bond donors (Lipinski definition) is 2. The number of halogens is 3. The molecule has 2 saturated heterocycles. The Labute approximate surface area is 212 Å². The Morgan fingerprint density at radius 2 is 1.95 bits per heavy atom. The lowest BCUT2D eigenvalue weighted by Gasteiger charge is -2.37. The molecule has 3 aromatic rings. The Kier molecular flexibility index (Phi) is 6.63. The summed E-state index contributed by atoms with van der Waals surface area (Å²) in [7, 11) is 0. The Hall–Kier alpha value is -3.50. The van der Waals surface area contributed by atoms with Gasteiger partial charge in [0.1, 0.15) is 11.5 Å². The number of nitrogens with two attached hydrogens (primary N) is 1. The van der Waals surface area contributed by atoms with Gasteiger partial charge in [0.2, 0.25) is 0 Å². The van der Waals surface area contributed by atoms with E-state index in [1.54, 1.807) is 30.5 Å². The quantitative estimate of drug-likeness (QED) is 0.512. The average molecular weight is 512 g/mol. The summed E-state index contributed by atoms with van der Waals surface area (Å²) in [6.07, 6.45) is -0.302. The van der Waals surface area contributed by atoms with Gasteiger partial charge in [0.15, 0.2) is 0 Å². The van der Waals surface area contributed by atoms with E-state index in [-0.39, 0.29) is 29.6 Å². The molecular formula is C27H28F3N5O2. The highest BCUT2D eigenvalue weighted by molar-refractivity contribution is 5.92. The Bertz CT molecular complexity index is 1290. The van der Waals surface area contributed by atoms with Crippen molar-refractivity contribution in [3.8, 4) is 11.1 Å². The highest BCUT2D eigenvalue weighted by atomic mass is 19.4. The van der Waals surface area contributed by atoms with Gasteiger partial charge in [-0.1, -0.05) is 30.3 Å². The Balaban J connectivity index is 1.28. The zero-order chi connectivity index (χ0) is 26.2. The van der Waals surface area contributed by atoms with Gasteiger partial charge in [0, 0.05) is 25.0 Å². The second-order valence-corrected chi connectivity index (χ2v) is 9.82. The first-order valence-electron chi connectivity index (χ1n) is 12.1. The molecule has 3 heterocycles.